The Hall–Kier alpha value is -0.730. The zero-order valence-corrected chi connectivity index (χ0v) is 9.69. The third kappa shape index (κ3) is 5.94. The Morgan fingerprint density at radius 2 is 1.65 bits per heavy atom. The van der Waals surface area contributed by atoms with Gasteiger partial charge in [-0.1, -0.05) is 6.92 Å². The fraction of sp³-hybridized carbons (Fsp3) is 0.900. The lowest BCUT2D eigenvalue weighted by atomic mass is 10.0. The summed E-state index contributed by atoms with van der Waals surface area (Å²) in [5.41, 5.74) is 0. The van der Waals surface area contributed by atoms with Crippen LogP contribution in [-0.2, 0) is 9.53 Å². The first kappa shape index (κ1) is 16.3. The molecule has 102 valence electrons. The Morgan fingerprint density at radius 3 is 2.12 bits per heavy atom. The van der Waals surface area contributed by atoms with E-state index in [1.807, 2.05) is 0 Å². The lowest BCUT2D eigenvalue weighted by Crippen LogP contribution is -2.47. The molecule has 0 saturated carbocycles. The van der Waals surface area contributed by atoms with Gasteiger partial charge in [-0.3, -0.25) is 4.79 Å². The van der Waals surface area contributed by atoms with Crippen LogP contribution < -0.4 is 0 Å². The maximum absolute atomic E-state index is 11.0. The van der Waals surface area contributed by atoms with Gasteiger partial charge in [0.2, 0.25) is 0 Å². The molecule has 0 radical (unpaired) electrons. The van der Waals surface area contributed by atoms with E-state index in [2.05, 4.69) is 4.74 Å². The lowest BCUT2D eigenvalue weighted by Gasteiger charge is -2.25. The molecule has 0 aliphatic carbocycles. The number of ether oxygens (including phenoxy) is 1. The molecule has 0 aliphatic heterocycles. The maximum Gasteiger partial charge on any atom is 0.305 e. The van der Waals surface area contributed by atoms with Crippen LogP contribution >= 0.6 is 0 Å². The van der Waals surface area contributed by atoms with E-state index in [0.717, 1.165) is 0 Å². The van der Waals surface area contributed by atoms with Gasteiger partial charge in [0, 0.05) is 6.42 Å². The van der Waals surface area contributed by atoms with Crippen LogP contribution in [0.2, 0.25) is 0 Å². The summed E-state index contributed by atoms with van der Waals surface area (Å²) in [6.45, 7) is 0.559. The molecule has 0 bridgehead atoms. The van der Waals surface area contributed by atoms with Crippen molar-refractivity contribution >= 4 is 5.97 Å². The van der Waals surface area contributed by atoms with Gasteiger partial charge in [-0.05, 0) is 6.42 Å². The fourth-order valence-electron chi connectivity index (χ4n) is 1.12. The first-order valence-electron chi connectivity index (χ1n) is 5.42. The Kier molecular flexibility index (Phi) is 8.01. The third-order valence-corrected chi connectivity index (χ3v) is 2.19. The largest absolute Gasteiger partial charge is 0.463 e. The molecule has 0 aliphatic rings. The van der Waals surface area contributed by atoms with Crippen LogP contribution in [0.5, 0.6) is 0 Å². The summed E-state index contributed by atoms with van der Waals surface area (Å²) < 4.78 is 4.62. The summed E-state index contributed by atoms with van der Waals surface area (Å²) in [6, 6.07) is 0. The van der Waals surface area contributed by atoms with E-state index >= 15 is 0 Å². The minimum atomic E-state index is -1.71. The molecule has 7 heteroatoms. The van der Waals surface area contributed by atoms with E-state index in [1.165, 1.54) is 0 Å². The first-order valence-corrected chi connectivity index (χ1v) is 5.42. The molecule has 0 rings (SSSR count). The van der Waals surface area contributed by atoms with Gasteiger partial charge >= 0.3 is 5.97 Å². The van der Waals surface area contributed by atoms with Crippen molar-refractivity contribution in [2.45, 2.75) is 44.2 Å². The van der Waals surface area contributed by atoms with Crippen LogP contribution in [0.15, 0.2) is 0 Å². The molecule has 0 heterocycles. The maximum atomic E-state index is 11.0. The Labute approximate surface area is 99.3 Å². The SMILES string of the molecule is CCCC(=O)OC[C@H](O)[C@@H](O)[C@H](O)[C@H](O)CO. The topological polar surface area (TPSA) is 127 Å². The van der Waals surface area contributed by atoms with E-state index in [-0.39, 0.29) is 6.42 Å². The molecule has 0 fully saturated rings. The molecular weight excluding hydrogens is 232 g/mol. The van der Waals surface area contributed by atoms with Crippen LogP contribution in [0.25, 0.3) is 0 Å². The van der Waals surface area contributed by atoms with Crippen molar-refractivity contribution in [3.05, 3.63) is 0 Å². The number of hydrogen-bond donors (Lipinski definition) is 5. The molecule has 7 nitrogen and oxygen atoms in total. The minimum Gasteiger partial charge on any atom is -0.463 e. The van der Waals surface area contributed by atoms with E-state index in [0.29, 0.717) is 6.42 Å². The summed E-state index contributed by atoms with van der Waals surface area (Å²) in [6.07, 6.45) is -5.70. The summed E-state index contributed by atoms with van der Waals surface area (Å²) in [5.74, 6) is -0.518. The quantitative estimate of drug-likeness (QED) is 0.309. The highest BCUT2D eigenvalue weighted by Crippen LogP contribution is 2.06. The van der Waals surface area contributed by atoms with Gasteiger partial charge in [0.15, 0.2) is 0 Å². The van der Waals surface area contributed by atoms with E-state index < -0.39 is 43.6 Å². The van der Waals surface area contributed by atoms with E-state index in [9.17, 15) is 20.1 Å². The normalized spacial score (nSPS) is 18.2. The van der Waals surface area contributed by atoms with Crippen LogP contribution in [0.4, 0.5) is 0 Å². The number of hydrogen-bond acceptors (Lipinski definition) is 7. The average Bonchev–Trinajstić information content (AvgIpc) is 2.33. The monoisotopic (exact) mass is 252 g/mol. The van der Waals surface area contributed by atoms with Crippen molar-refractivity contribution < 1.29 is 35.1 Å². The molecule has 0 aromatic heterocycles. The zero-order valence-electron chi connectivity index (χ0n) is 9.69. The van der Waals surface area contributed by atoms with Gasteiger partial charge in [-0.2, -0.15) is 0 Å². The predicted molar refractivity (Wildman–Crippen MR) is 57.0 cm³/mol. The molecular formula is C10H20O7. The molecule has 0 amide bonds. The Bertz CT molecular complexity index is 221. The van der Waals surface area contributed by atoms with Gasteiger partial charge in [0.1, 0.15) is 31.0 Å². The summed E-state index contributed by atoms with van der Waals surface area (Å²) in [5, 5.41) is 45.6. The molecule has 0 spiro atoms. The summed E-state index contributed by atoms with van der Waals surface area (Å²) in [4.78, 5) is 11.0. The Morgan fingerprint density at radius 1 is 1.12 bits per heavy atom. The fourth-order valence-corrected chi connectivity index (χ4v) is 1.12. The van der Waals surface area contributed by atoms with Gasteiger partial charge in [0.05, 0.1) is 6.61 Å². The number of carbonyl (C=O) groups is 1. The zero-order chi connectivity index (χ0) is 13.4. The number of carbonyl (C=O) groups excluding carboxylic acids is 1. The highest BCUT2D eigenvalue weighted by Gasteiger charge is 2.30. The van der Waals surface area contributed by atoms with Crippen molar-refractivity contribution in [3.8, 4) is 0 Å². The van der Waals surface area contributed by atoms with Gasteiger partial charge in [0.25, 0.3) is 0 Å². The average molecular weight is 252 g/mol. The van der Waals surface area contributed by atoms with E-state index in [4.69, 9.17) is 10.2 Å². The molecule has 0 unspecified atom stereocenters. The summed E-state index contributed by atoms with van der Waals surface area (Å²) >= 11 is 0. The second-order valence-corrected chi connectivity index (χ2v) is 3.73. The molecule has 0 saturated heterocycles. The smallest absolute Gasteiger partial charge is 0.305 e. The molecule has 5 N–H and O–H groups in total. The number of esters is 1. The third-order valence-electron chi connectivity index (χ3n) is 2.19. The minimum absolute atomic E-state index is 0.199. The van der Waals surface area contributed by atoms with Crippen LogP contribution in [0.3, 0.4) is 0 Å². The highest BCUT2D eigenvalue weighted by molar-refractivity contribution is 5.69. The van der Waals surface area contributed by atoms with Gasteiger partial charge in [-0.25, -0.2) is 0 Å². The van der Waals surface area contributed by atoms with Crippen LogP contribution in [0.1, 0.15) is 19.8 Å². The van der Waals surface area contributed by atoms with E-state index in [1.54, 1.807) is 6.92 Å². The van der Waals surface area contributed by atoms with Crippen molar-refractivity contribution in [1.29, 1.82) is 0 Å². The van der Waals surface area contributed by atoms with Crippen molar-refractivity contribution in [2.24, 2.45) is 0 Å². The van der Waals surface area contributed by atoms with Crippen molar-refractivity contribution in [2.75, 3.05) is 13.2 Å². The lowest BCUT2D eigenvalue weighted by molar-refractivity contribution is -0.156. The van der Waals surface area contributed by atoms with Crippen molar-refractivity contribution in [3.63, 3.8) is 0 Å². The highest BCUT2D eigenvalue weighted by atomic mass is 16.5. The van der Waals surface area contributed by atoms with Crippen LogP contribution in [0, 0.1) is 0 Å². The summed E-state index contributed by atoms with van der Waals surface area (Å²) in [7, 11) is 0. The predicted octanol–water partition coefficient (Wildman–Crippen LogP) is -2.23. The molecule has 0 aromatic rings. The number of aliphatic hydroxyl groups excluding tert-OH is 5. The molecule has 0 aromatic carbocycles. The first-order chi connectivity index (χ1) is 7.93. The standard InChI is InChI=1S/C10H20O7/c1-2-3-8(14)17-5-7(13)10(16)9(15)6(12)4-11/h6-7,9-13,15-16H,2-5H2,1H3/t6-,7+,9-,10-/m1/s1. The Balaban J connectivity index is 4.04. The van der Waals surface area contributed by atoms with Gasteiger partial charge in [-0.15, -0.1) is 0 Å². The van der Waals surface area contributed by atoms with Crippen molar-refractivity contribution in [1.82, 2.24) is 0 Å². The number of rotatable bonds is 8. The van der Waals surface area contributed by atoms with Gasteiger partial charge < -0.3 is 30.3 Å². The number of aliphatic hydroxyl groups is 5. The molecule has 4 atom stereocenters. The molecule has 17 heavy (non-hydrogen) atoms. The van der Waals surface area contributed by atoms with Crippen LogP contribution in [-0.4, -0.2) is 69.1 Å². The second kappa shape index (κ2) is 8.37. The second-order valence-electron chi connectivity index (χ2n) is 3.73.